The number of amides is 2. The summed E-state index contributed by atoms with van der Waals surface area (Å²) >= 11 is 0. The van der Waals surface area contributed by atoms with Gasteiger partial charge in [0.1, 0.15) is 12.3 Å². The minimum absolute atomic E-state index is 0.0594. The molecule has 23 heavy (non-hydrogen) atoms. The molecule has 8 heteroatoms. The van der Waals surface area contributed by atoms with Gasteiger partial charge in [0.15, 0.2) is 12.1 Å². The average molecular weight is 317 g/mol. The van der Waals surface area contributed by atoms with Gasteiger partial charge in [0.2, 0.25) is 5.91 Å². The van der Waals surface area contributed by atoms with Gasteiger partial charge in [-0.3, -0.25) is 14.4 Å². The fraction of sp³-hybridized carbons (Fsp3) is 0.200. The normalized spacial score (nSPS) is 10.1. The number of carbonyl (C=O) groups is 3. The molecule has 2 rings (SSSR count). The summed E-state index contributed by atoms with van der Waals surface area (Å²) in [7, 11) is 0. The molecule has 0 atom stereocenters. The van der Waals surface area contributed by atoms with Crippen LogP contribution in [-0.2, 0) is 16.0 Å². The van der Waals surface area contributed by atoms with Crippen LogP contribution in [0.5, 0.6) is 0 Å². The Hall–Kier alpha value is -3.16. The Morgan fingerprint density at radius 3 is 2.48 bits per heavy atom. The molecular formula is C15H15N3O5. The second-order valence-electron chi connectivity index (χ2n) is 4.76. The fourth-order valence-corrected chi connectivity index (χ4v) is 1.84. The molecule has 8 nitrogen and oxygen atoms in total. The lowest BCUT2D eigenvalue weighted by Gasteiger charge is -2.06. The molecule has 0 radical (unpaired) electrons. The summed E-state index contributed by atoms with van der Waals surface area (Å²) in [4.78, 5) is 37.6. The topological polar surface area (TPSA) is 122 Å². The van der Waals surface area contributed by atoms with E-state index in [9.17, 15) is 14.4 Å². The van der Waals surface area contributed by atoms with Crippen molar-refractivity contribution in [2.45, 2.75) is 13.3 Å². The van der Waals surface area contributed by atoms with Crippen molar-refractivity contribution in [1.82, 2.24) is 10.3 Å². The quantitative estimate of drug-likeness (QED) is 0.730. The number of anilines is 1. The van der Waals surface area contributed by atoms with E-state index >= 15 is 0 Å². The van der Waals surface area contributed by atoms with Crippen molar-refractivity contribution >= 4 is 23.5 Å². The third kappa shape index (κ3) is 4.67. The number of aliphatic carboxylic acids is 1. The third-order valence-electron chi connectivity index (χ3n) is 2.97. The van der Waals surface area contributed by atoms with Crippen molar-refractivity contribution < 1.29 is 23.9 Å². The Kier molecular flexibility index (Phi) is 5.08. The van der Waals surface area contributed by atoms with Crippen LogP contribution in [0.15, 0.2) is 35.1 Å². The Morgan fingerprint density at radius 1 is 1.22 bits per heavy atom. The van der Waals surface area contributed by atoms with Gasteiger partial charge in [-0.2, -0.15) is 0 Å². The van der Waals surface area contributed by atoms with Crippen LogP contribution in [0.3, 0.4) is 0 Å². The Labute approximate surface area is 131 Å². The highest BCUT2D eigenvalue weighted by molar-refractivity contribution is 6.03. The molecule has 0 saturated heterocycles. The summed E-state index contributed by atoms with van der Waals surface area (Å²) in [5, 5.41) is 13.4. The van der Waals surface area contributed by atoms with Gasteiger partial charge in [-0.15, -0.1) is 0 Å². The van der Waals surface area contributed by atoms with Crippen molar-refractivity contribution in [3.05, 3.63) is 47.7 Å². The molecule has 1 heterocycles. The van der Waals surface area contributed by atoms with Gasteiger partial charge in [-0.05, 0) is 24.6 Å². The number of nitrogens with one attached hydrogen (secondary N) is 2. The summed E-state index contributed by atoms with van der Waals surface area (Å²) in [6.07, 6.45) is 1.26. The molecule has 3 N–H and O–H groups in total. The van der Waals surface area contributed by atoms with Gasteiger partial charge in [-0.25, -0.2) is 4.98 Å². The van der Waals surface area contributed by atoms with Gasteiger partial charge in [0, 0.05) is 5.69 Å². The molecule has 1 aromatic heterocycles. The van der Waals surface area contributed by atoms with Gasteiger partial charge in [0.05, 0.1) is 6.42 Å². The standard InChI is InChI=1S/C15H15N3O5/c1-9-14(17-8-23-9)15(22)18-11-4-2-10(3-5-11)6-12(19)16-7-13(20)21/h2-5,8H,6-7H2,1H3,(H,16,19)(H,18,22)(H,20,21). The highest BCUT2D eigenvalue weighted by Gasteiger charge is 2.13. The molecule has 0 saturated carbocycles. The number of rotatable bonds is 6. The van der Waals surface area contributed by atoms with Crippen LogP contribution in [0.25, 0.3) is 0 Å². The maximum atomic E-state index is 12.0. The lowest BCUT2D eigenvalue weighted by atomic mass is 10.1. The summed E-state index contributed by atoms with van der Waals surface area (Å²) in [5.41, 5.74) is 1.46. The molecule has 0 aliphatic carbocycles. The minimum Gasteiger partial charge on any atom is -0.480 e. The van der Waals surface area contributed by atoms with E-state index in [0.717, 1.165) is 0 Å². The van der Waals surface area contributed by atoms with Crippen molar-refractivity contribution in [1.29, 1.82) is 0 Å². The SMILES string of the molecule is Cc1ocnc1C(=O)Nc1ccc(CC(=O)NCC(=O)O)cc1. The number of carboxylic acids is 1. The van der Waals surface area contributed by atoms with E-state index in [4.69, 9.17) is 9.52 Å². The van der Waals surface area contributed by atoms with Crippen LogP contribution < -0.4 is 10.6 Å². The number of carboxylic acid groups (broad SMARTS) is 1. The van der Waals surface area contributed by atoms with E-state index in [0.29, 0.717) is 17.0 Å². The first-order valence-electron chi connectivity index (χ1n) is 6.74. The molecule has 0 bridgehead atoms. The summed E-state index contributed by atoms with van der Waals surface area (Å²) in [6, 6.07) is 6.64. The van der Waals surface area contributed by atoms with Crippen LogP contribution in [0.2, 0.25) is 0 Å². The number of hydrogen-bond donors (Lipinski definition) is 3. The van der Waals surface area contributed by atoms with Crippen molar-refractivity contribution in [2.75, 3.05) is 11.9 Å². The Morgan fingerprint density at radius 2 is 1.91 bits per heavy atom. The van der Waals surface area contributed by atoms with E-state index in [1.54, 1.807) is 31.2 Å². The summed E-state index contributed by atoms with van der Waals surface area (Å²) < 4.78 is 4.97. The van der Waals surface area contributed by atoms with Gasteiger partial charge in [-0.1, -0.05) is 12.1 Å². The molecule has 2 aromatic rings. The number of aromatic nitrogens is 1. The van der Waals surface area contributed by atoms with Crippen LogP contribution in [0.4, 0.5) is 5.69 Å². The predicted molar refractivity (Wildman–Crippen MR) is 80.0 cm³/mol. The third-order valence-corrected chi connectivity index (χ3v) is 2.97. The number of nitrogens with zero attached hydrogens (tertiary/aromatic N) is 1. The van der Waals surface area contributed by atoms with E-state index < -0.39 is 12.5 Å². The molecular weight excluding hydrogens is 302 g/mol. The zero-order chi connectivity index (χ0) is 16.8. The smallest absolute Gasteiger partial charge is 0.322 e. The number of hydrogen-bond acceptors (Lipinski definition) is 5. The molecule has 0 aliphatic rings. The maximum absolute atomic E-state index is 12.0. The first kappa shape index (κ1) is 16.2. The van der Waals surface area contributed by atoms with Crippen LogP contribution in [0, 0.1) is 6.92 Å². The Balaban J connectivity index is 1.92. The molecule has 0 aliphatic heterocycles. The van der Waals surface area contributed by atoms with Crippen LogP contribution in [0.1, 0.15) is 21.8 Å². The first-order chi connectivity index (χ1) is 11.0. The zero-order valence-electron chi connectivity index (χ0n) is 12.3. The lowest BCUT2D eigenvalue weighted by Crippen LogP contribution is -2.30. The van der Waals surface area contributed by atoms with E-state index in [1.807, 2.05) is 0 Å². The summed E-state index contributed by atoms with van der Waals surface area (Å²) in [6.45, 7) is 1.23. The number of oxazole rings is 1. The van der Waals surface area contributed by atoms with Crippen LogP contribution in [-0.4, -0.2) is 34.4 Å². The number of benzene rings is 1. The molecule has 0 fully saturated rings. The lowest BCUT2D eigenvalue weighted by molar-refractivity contribution is -0.137. The van der Waals surface area contributed by atoms with Gasteiger partial charge < -0.3 is 20.2 Å². The van der Waals surface area contributed by atoms with Crippen molar-refractivity contribution in [3.63, 3.8) is 0 Å². The maximum Gasteiger partial charge on any atom is 0.322 e. The number of aryl methyl sites for hydroxylation is 1. The second-order valence-corrected chi connectivity index (χ2v) is 4.76. The van der Waals surface area contributed by atoms with Gasteiger partial charge in [0.25, 0.3) is 5.91 Å². The molecule has 0 spiro atoms. The second kappa shape index (κ2) is 7.21. The van der Waals surface area contributed by atoms with E-state index in [2.05, 4.69) is 15.6 Å². The largest absolute Gasteiger partial charge is 0.480 e. The highest BCUT2D eigenvalue weighted by Crippen LogP contribution is 2.13. The summed E-state index contributed by atoms with van der Waals surface area (Å²) in [5.74, 6) is -1.45. The van der Waals surface area contributed by atoms with Gasteiger partial charge >= 0.3 is 5.97 Å². The predicted octanol–water partition coefficient (Wildman–Crippen LogP) is 0.979. The average Bonchev–Trinajstić information content (AvgIpc) is 2.93. The molecule has 120 valence electrons. The van der Waals surface area contributed by atoms with Crippen LogP contribution >= 0.6 is 0 Å². The first-order valence-corrected chi connectivity index (χ1v) is 6.74. The monoisotopic (exact) mass is 317 g/mol. The molecule has 0 unspecified atom stereocenters. The Bertz CT molecular complexity index is 721. The zero-order valence-corrected chi connectivity index (χ0v) is 12.3. The van der Waals surface area contributed by atoms with Crippen molar-refractivity contribution in [3.8, 4) is 0 Å². The molecule has 1 aromatic carbocycles. The highest BCUT2D eigenvalue weighted by atomic mass is 16.4. The van der Waals surface area contributed by atoms with E-state index in [-0.39, 0.29) is 23.9 Å². The number of carbonyl (C=O) groups excluding carboxylic acids is 2. The fourth-order valence-electron chi connectivity index (χ4n) is 1.84. The van der Waals surface area contributed by atoms with E-state index in [1.165, 1.54) is 6.39 Å². The van der Waals surface area contributed by atoms with Crippen molar-refractivity contribution in [2.24, 2.45) is 0 Å². The molecule has 2 amide bonds. The minimum atomic E-state index is -1.10.